The van der Waals surface area contributed by atoms with Crippen LogP contribution in [0.5, 0.6) is 11.5 Å². The lowest BCUT2D eigenvalue weighted by molar-refractivity contribution is 0.243. The molecule has 150 valence electrons. The predicted octanol–water partition coefficient (Wildman–Crippen LogP) is 4.10. The second-order valence-corrected chi connectivity index (χ2v) is 7.31. The van der Waals surface area contributed by atoms with Gasteiger partial charge in [0.15, 0.2) is 0 Å². The molecule has 0 saturated heterocycles. The molecule has 4 rings (SSSR count). The maximum atomic E-state index is 5.45. The van der Waals surface area contributed by atoms with Crippen LogP contribution in [0.2, 0.25) is 0 Å². The minimum Gasteiger partial charge on any atom is -0.497 e. The Bertz CT molecular complexity index is 1010. The van der Waals surface area contributed by atoms with Crippen molar-refractivity contribution in [2.75, 3.05) is 26.1 Å². The number of fused-ring (bicyclic) bond motifs is 1. The minimum atomic E-state index is 0.583. The van der Waals surface area contributed by atoms with E-state index >= 15 is 0 Å². The highest BCUT2D eigenvalue weighted by Gasteiger charge is 2.19. The summed E-state index contributed by atoms with van der Waals surface area (Å²) in [6.45, 7) is 4.94. The third-order valence-electron chi connectivity index (χ3n) is 5.16. The van der Waals surface area contributed by atoms with Crippen LogP contribution in [0.3, 0.4) is 0 Å². The van der Waals surface area contributed by atoms with Crippen LogP contribution in [0.4, 0.5) is 11.6 Å². The van der Waals surface area contributed by atoms with Crippen LogP contribution in [0.1, 0.15) is 22.4 Å². The first-order valence-electron chi connectivity index (χ1n) is 9.76. The van der Waals surface area contributed by atoms with Gasteiger partial charge in [0.1, 0.15) is 11.5 Å². The van der Waals surface area contributed by atoms with Gasteiger partial charge in [-0.3, -0.25) is 4.90 Å². The SMILES string of the molecule is COc1ccc(Nc2ncc3c(n2)CCN(Cc2cccc(C)c2)C3)c(OC)c1. The van der Waals surface area contributed by atoms with E-state index in [1.54, 1.807) is 14.2 Å². The average molecular weight is 390 g/mol. The third kappa shape index (κ3) is 4.49. The number of methoxy groups -OCH3 is 2. The van der Waals surface area contributed by atoms with Gasteiger partial charge in [-0.2, -0.15) is 0 Å². The van der Waals surface area contributed by atoms with Crippen molar-refractivity contribution in [3.05, 3.63) is 71.0 Å². The summed E-state index contributed by atoms with van der Waals surface area (Å²) in [7, 11) is 3.27. The number of aromatic nitrogens is 2. The minimum absolute atomic E-state index is 0.583. The van der Waals surface area contributed by atoms with Gasteiger partial charge in [-0.25, -0.2) is 9.97 Å². The van der Waals surface area contributed by atoms with Gasteiger partial charge in [0.25, 0.3) is 0 Å². The van der Waals surface area contributed by atoms with Gasteiger partial charge < -0.3 is 14.8 Å². The summed E-state index contributed by atoms with van der Waals surface area (Å²) in [6.07, 6.45) is 2.85. The molecule has 2 heterocycles. The highest BCUT2D eigenvalue weighted by molar-refractivity contribution is 5.64. The summed E-state index contributed by atoms with van der Waals surface area (Å²) in [4.78, 5) is 11.7. The highest BCUT2D eigenvalue weighted by atomic mass is 16.5. The van der Waals surface area contributed by atoms with Crippen molar-refractivity contribution >= 4 is 11.6 Å². The van der Waals surface area contributed by atoms with Gasteiger partial charge >= 0.3 is 0 Å². The molecule has 0 radical (unpaired) electrons. The zero-order chi connectivity index (χ0) is 20.2. The Morgan fingerprint density at radius 3 is 2.79 bits per heavy atom. The second-order valence-electron chi connectivity index (χ2n) is 7.31. The molecule has 1 aliphatic rings. The Morgan fingerprint density at radius 2 is 2.00 bits per heavy atom. The van der Waals surface area contributed by atoms with Crippen molar-refractivity contribution in [3.8, 4) is 11.5 Å². The third-order valence-corrected chi connectivity index (χ3v) is 5.16. The molecule has 0 aliphatic carbocycles. The van der Waals surface area contributed by atoms with E-state index < -0.39 is 0 Å². The lowest BCUT2D eigenvalue weighted by Crippen LogP contribution is -2.31. The average Bonchev–Trinajstić information content (AvgIpc) is 2.74. The molecule has 0 amide bonds. The van der Waals surface area contributed by atoms with Crippen LogP contribution in [0, 0.1) is 6.92 Å². The molecular weight excluding hydrogens is 364 g/mol. The van der Waals surface area contributed by atoms with E-state index in [4.69, 9.17) is 14.5 Å². The van der Waals surface area contributed by atoms with Crippen molar-refractivity contribution in [3.63, 3.8) is 0 Å². The highest BCUT2D eigenvalue weighted by Crippen LogP contribution is 2.31. The van der Waals surface area contributed by atoms with Crippen molar-refractivity contribution in [1.82, 2.24) is 14.9 Å². The zero-order valence-corrected chi connectivity index (χ0v) is 17.1. The molecule has 0 atom stereocenters. The van der Waals surface area contributed by atoms with Crippen LogP contribution in [-0.2, 0) is 19.5 Å². The number of benzene rings is 2. The predicted molar refractivity (Wildman–Crippen MR) is 114 cm³/mol. The Balaban J connectivity index is 1.46. The molecule has 6 heteroatoms. The largest absolute Gasteiger partial charge is 0.497 e. The Hall–Kier alpha value is -3.12. The lowest BCUT2D eigenvalue weighted by Gasteiger charge is -2.28. The monoisotopic (exact) mass is 390 g/mol. The molecule has 0 spiro atoms. The molecule has 0 unspecified atom stereocenters. The first-order valence-corrected chi connectivity index (χ1v) is 9.76. The number of nitrogens with one attached hydrogen (secondary N) is 1. The van der Waals surface area contributed by atoms with E-state index in [0.717, 1.165) is 43.2 Å². The smallest absolute Gasteiger partial charge is 0.227 e. The molecule has 1 aliphatic heterocycles. The van der Waals surface area contributed by atoms with Crippen LogP contribution in [0.15, 0.2) is 48.7 Å². The van der Waals surface area contributed by atoms with E-state index in [1.165, 1.54) is 16.7 Å². The van der Waals surface area contributed by atoms with Gasteiger partial charge in [-0.15, -0.1) is 0 Å². The molecule has 0 saturated carbocycles. The number of nitrogens with zero attached hydrogens (tertiary/aromatic N) is 3. The molecule has 2 aromatic carbocycles. The van der Waals surface area contributed by atoms with Crippen LogP contribution in [-0.4, -0.2) is 35.6 Å². The van der Waals surface area contributed by atoms with Crippen molar-refractivity contribution in [2.24, 2.45) is 0 Å². The van der Waals surface area contributed by atoms with E-state index in [2.05, 4.69) is 46.4 Å². The quantitative estimate of drug-likeness (QED) is 0.684. The first-order chi connectivity index (χ1) is 14.1. The number of aryl methyl sites for hydroxylation is 1. The number of ether oxygens (including phenoxy) is 2. The maximum Gasteiger partial charge on any atom is 0.227 e. The standard InChI is InChI=1S/C23H26N4O2/c1-16-5-4-6-17(11-16)14-27-10-9-20-18(15-27)13-24-23(25-20)26-21-8-7-19(28-2)12-22(21)29-3/h4-8,11-13H,9-10,14-15H2,1-3H3,(H,24,25,26). The Labute approximate surface area is 171 Å². The van der Waals surface area contributed by atoms with Gasteiger partial charge in [0, 0.05) is 43.9 Å². The van der Waals surface area contributed by atoms with Crippen LogP contribution >= 0.6 is 0 Å². The molecule has 6 nitrogen and oxygen atoms in total. The summed E-state index contributed by atoms with van der Waals surface area (Å²) < 4.78 is 10.7. The first kappa shape index (κ1) is 19.2. The van der Waals surface area contributed by atoms with Crippen molar-refractivity contribution in [2.45, 2.75) is 26.4 Å². The Morgan fingerprint density at radius 1 is 1.10 bits per heavy atom. The molecule has 29 heavy (non-hydrogen) atoms. The van der Waals surface area contributed by atoms with Gasteiger partial charge in [-0.1, -0.05) is 29.8 Å². The Kier molecular flexibility index (Phi) is 5.62. The number of rotatable bonds is 6. The summed E-state index contributed by atoms with van der Waals surface area (Å²) in [5.74, 6) is 2.02. The summed E-state index contributed by atoms with van der Waals surface area (Å²) in [5, 5.41) is 3.27. The summed E-state index contributed by atoms with van der Waals surface area (Å²) in [5.41, 5.74) is 5.75. The van der Waals surface area contributed by atoms with E-state index in [0.29, 0.717) is 11.7 Å². The van der Waals surface area contributed by atoms with Gasteiger partial charge in [0.2, 0.25) is 5.95 Å². The van der Waals surface area contributed by atoms with Crippen LogP contribution < -0.4 is 14.8 Å². The molecule has 3 aromatic rings. The maximum absolute atomic E-state index is 5.45. The fourth-order valence-electron chi connectivity index (χ4n) is 3.66. The van der Waals surface area contributed by atoms with Crippen molar-refractivity contribution in [1.29, 1.82) is 0 Å². The van der Waals surface area contributed by atoms with Crippen molar-refractivity contribution < 1.29 is 9.47 Å². The molecule has 0 fully saturated rings. The summed E-state index contributed by atoms with van der Waals surface area (Å²) >= 11 is 0. The lowest BCUT2D eigenvalue weighted by atomic mass is 10.1. The normalized spacial score (nSPS) is 13.6. The molecular formula is C23H26N4O2. The number of hydrogen-bond acceptors (Lipinski definition) is 6. The molecule has 1 N–H and O–H groups in total. The van der Waals surface area contributed by atoms with Crippen LogP contribution in [0.25, 0.3) is 0 Å². The fraction of sp³-hybridized carbons (Fsp3) is 0.304. The second kappa shape index (κ2) is 8.49. The number of anilines is 2. The number of hydrogen-bond donors (Lipinski definition) is 1. The van der Waals surface area contributed by atoms with Gasteiger partial charge in [-0.05, 0) is 24.6 Å². The summed E-state index contributed by atoms with van der Waals surface area (Å²) in [6, 6.07) is 14.3. The topological polar surface area (TPSA) is 59.5 Å². The molecule has 0 bridgehead atoms. The molecule has 1 aromatic heterocycles. The van der Waals surface area contributed by atoms with E-state index in [1.807, 2.05) is 24.4 Å². The van der Waals surface area contributed by atoms with Gasteiger partial charge in [0.05, 0.1) is 25.6 Å². The fourth-order valence-corrected chi connectivity index (χ4v) is 3.66. The van der Waals surface area contributed by atoms with E-state index in [-0.39, 0.29) is 0 Å². The zero-order valence-electron chi connectivity index (χ0n) is 17.1. The van der Waals surface area contributed by atoms with E-state index in [9.17, 15) is 0 Å².